The number of hydrogen-bond acceptors (Lipinski definition) is 4. The largest absolute Gasteiger partial charge is 0.379 e. The van der Waals surface area contributed by atoms with E-state index in [-0.39, 0.29) is 5.91 Å². The van der Waals surface area contributed by atoms with Gasteiger partial charge in [0.15, 0.2) is 0 Å². The molecule has 0 unspecified atom stereocenters. The van der Waals surface area contributed by atoms with Crippen molar-refractivity contribution in [2.45, 2.75) is 13.0 Å². The molecule has 4 nitrogen and oxygen atoms in total. The van der Waals surface area contributed by atoms with Gasteiger partial charge in [-0.05, 0) is 40.8 Å². The van der Waals surface area contributed by atoms with Crippen LogP contribution in [0.15, 0.2) is 60.0 Å². The molecule has 28 heavy (non-hydrogen) atoms. The van der Waals surface area contributed by atoms with Gasteiger partial charge in [0.2, 0.25) is 0 Å². The monoisotopic (exact) mass is 394 g/mol. The Morgan fingerprint density at radius 1 is 1.04 bits per heavy atom. The molecule has 1 aliphatic heterocycles. The van der Waals surface area contributed by atoms with Gasteiger partial charge in [-0.1, -0.05) is 36.4 Å². The fourth-order valence-electron chi connectivity index (χ4n) is 3.66. The Kier molecular flexibility index (Phi) is 6.37. The molecule has 0 radical (unpaired) electrons. The van der Waals surface area contributed by atoms with Gasteiger partial charge in [-0.15, -0.1) is 11.3 Å². The predicted molar refractivity (Wildman–Crippen MR) is 115 cm³/mol. The average Bonchev–Trinajstić information content (AvgIpc) is 3.26. The minimum absolute atomic E-state index is 0.112. The Morgan fingerprint density at radius 3 is 2.64 bits per heavy atom. The van der Waals surface area contributed by atoms with Crippen LogP contribution in [-0.4, -0.2) is 55.1 Å². The number of benzene rings is 2. The molecule has 2 heterocycles. The maximum atomic E-state index is 13.3. The lowest BCUT2D eigenvalue weighted by molar-refractivity contribution is 0.0356. The number of fused-ring (bicyclic) bond motifs is 1. The number of rotatable bonds is 7. The highest BCUT2D eigenvalue weighted by atomic mass is 32.1. The molecule has 1 aromatic heterocycles. The summed E-state index contributed by atoms with van der Waals surface area (Å²) >= 11 is 1.71. The van der Waals surface area contributed by atoms with Crippen LogP contribution in [0.25, 0.3) is 10.8 Å². The minimum atomic E-state index is 0.112. The van der Waals surface area contributed by atoms with Crippen molar-refractivity contribution in [2.24, 2.45) is 0 Å². The van der Waals surface area contributed by atoms with Crippen LogP contribution in [0.3, 0.4) is 0 Å². The Hall–Kier alpha value is -2.21. The Bertz CT molecular complexity index is 904. The third-order valence-corrected chi connectivity index (χ3v) is 6.08. The third-order valence-electron chi connectivity index (χ3n) is 5.22. The van der Waals surface area contributed by atoms with Gasteiger partial charge in [0.05, 0.1) is 19.8 Å². The highest BCUT2D eigenvalue weighted by Crippen LogP contribution is 2.19. The second kappa shape index (κ2) is 9.32. The molecule has 3 aromatic rings. The second-order valence-corrected chi connectivity index (χ2v) is 8.21. The summed E-state index contributed by atoms with van der Waals surface area (Å²) < 4.78 is 5.42. The molecular weight excluding hydrogens is 368 g/mol. The number of thiophene rings is 1. The van der Waals surface area contributed by atoms with Gasteiger partial charge in [0.1, 0.15) is 0 Å². The highest BCUT2D eigenvalue weighted by molar-refractivity contribution is 7.09. The maximum Gasteiger partial charge on any atom is 0.254 e. The first kappa shape index (κ1) is 19.1. The predicted octanol–water partition coefficient (Wildman–Crippen LogP) is 4.27. The molecule has 0 N–H and O–H groups in total. The number of carbonyl (C=O) groups is 1. The first-order valence-electron chi connectivity index (χ1n) is 9.90. The number of amides is 1. The lowest BCUT2D eigenvalue weighted by Crippen LogP contribution is -2.39. The summed E-state index contributed by atoms with van der Waals surface area (Å²) in [6.07, 6.45) is 0.977. The molecule has 5 heteroatoms. The van der Waals surface area contributed by atoms with Crippen LogP contribution in [0.2, 0.25) is 0 Å². The van der Waals surface area contributed by atoms with Crippen LogP contribution in [-0.2, 0) is 11.3 Å². The highest BCUT2D eigenvalue weighted by Gasteiger charge is 2.18. The van der Waals surface area contributed by atoms with Crippen LogP contribution in [0, 0.1) is 0 Å². The summed E-state index contributed by atoms with van der Waals surface area (Å²) in [4.78, 5) is 18.9. The van der Waals surface area contributed by atoms with E-state index in [9.17, 15) is 4.79 Å². The second-order valence-electron chi connectivity index (χ2n) is 7.18. The van der Waals surface area contributed by atoms with Crippen LogP contribution in [0.4, 0.5) is 0 Å². The van der Waals surface area contributed by atoms with Gasteiger partial charge >= 0.3 is 0 Å². The van der Waals surface area contributed by atoms with Crippen molar-refractivity contribution >= 4 is 28.0 Å². The Morgan fingerprint density at radius 2 is 1.86 bits per heavy atom. The Balaban J connectivity index is 1.46. The number of ether oxygens (including phenoxy) is 1. The van der Waals surface area contributed by atoms with Crippen LogP contribution in [0.1, 0.15) is 21.7 Å². The maximum absolute atomic E-state index is 13.3. The van der Waals surface area contributed by atoms with E-state index in [2.05, 4.69) is 28.5 Å². The Labute approximate surface area is 170 Å². The molecule has 1 amide bonds. The lowest BCUT2D eigenvalue weighted by atomic mass is 10.1. The van der Waals surface area contributed by atoms with Crippen molar-refractivity contribution in [1.29, 1.82) is 0 Å². The number of carbonyl (C=O) groups excluding carboxylic acids is 1. The van der Waals surface area contributed by atoms with Gasteiger partial charge in [-0.3, -0.25) is 9.69 Å². The van der Waals surface area contributed by atoms with Gasteiger partial charge < -0.3 is 9.64 Å². The van der Waals surface area contributed by atoms with Gasteiger partial charge in [0.25, 0.3) is 5.91 Å². The smallest absolute Gasteiger partial charge is 0.254 e. The minimum Gasteiger partial charge on any atom is -0.379 e. The zero-order valence-corrected chi connectivity index (χ0v) is 16.9. The van der Waals surface area contributed by atoms with E-state index in [0.29, 0.717) is 6.54 Å². The van der Waals surface area contributed by atoms with Crippen LogP contribution in [0.5, 0.6) is 0 Å². The summed E-state index contributed by atoms with van der Waals surface area (Å²) in [7, 11) is 0. The molecule has 0 spiro atoms. The van der Waals surface area contributed by atoms with Crippen molar-refractivity contribution in [2.75, 3.05) is 39.4 Å². The van der Waals surface area contributed by atoms with E-state index in [1.54, 1.807) is 11.3 Å². The normalized spacial score (nSPS) is 15.0. The molecule has 1 aliphatic rings. The molecule has 2 aromatic carbocycles. The van der Waals surface area contributed by atoms with Gasteiger partial charge in [0, 0.05) is 36.6 Å². The first-order chi connectivity index (χ1) is 13.8. The quantitative estimate of drug-likeness (QED) is 0.600. The van der Waals surface area contributed by atoms with Gasteiger partial charge in [-0.25, -0.2) is 0 Å². The summed E-state index contributed by atoms with van der Waals surface area (Å²) in [6, 6.07) is 18.3. The standard InChI is InChI=1S/C23H26N2O2S/c26-23(21-9-8-19-5-1-2-6-20(19)17-21)25(18-22-7-3-16-28-22)11-4-10-24-12-14-27-15-13-24/h1-3,5-9,16-17H,4,10-15,18H2. The van der Waals surface area contributed by atoms with E-state index < -0.39 is 0 Å². The summed E-state index contributed by atoms with van der Waals surface area (Å²) in [5.41, 5.74) is 0.765. The summed E-state index contributed by atoms with van der Waals surface area (Å²) in [6.45, 7) is 6.06. The van der Waals surface area contributed by atoms with E-state index in [4.69, 9.17) is 4.74 Å². The molecule has 146 valence electrons. The molecule has 0 saturated carbocycles. The van der Waals surface area contributed by atoms with Crippen molar-refractivity contribution in [3.05, 3.63) is 70.4 Å². The SMILES string of the molecule is O=C(c1ccc2ccccc2c1)N(CCCN1CCOCC1)Cc1cccs1. The molecule has 4 rings (SSSR count). The fraction of sp³-hybridized carbons (Fsp3) is 0.348. The average molecular weight is 395 g/mol. The van der Waals surface area contributed by atoms with Crippen molar-refractivity contribution in [3.63, 3.8) is 0 Å². The van der Waals surface area contributed by atoms with Crippen molar-refractivity contribution in [1.82, 2.24) is 9.80 Å². The molecular formula is C23H26N2O2S. The number of nitrogens with zero attached hydrogens (tertiary/aromatic N) is 2. The summed E-state index contributed by atoms with van der Waals surface area (Å²) in [5.74, 6) is 0.112. The molecule has 0 atom stereocenters. The van der Waals surface area contributed by atoms with E-state index in [0.717, 1.165) is 62.1 Å². The third kappa shape index (κ3) is 4.79. The molecule has 1 saturated heterocycles. The molecule has 0 bridgehead atoms. The molecule has 0 aliphatic carbocycles. The van der Waals surface area contributed by atoms with E-state index >= 15 is 0 Å². The zero-order chi connectivity index (χ0) is 19.2. The number of hydrogen-bond donors (Lipinski definition) is 0. The fourth-order valence-corrected chi connectivity index (χ4v) is 4.38. The zero-order valence-electron chi connectivity index (χ0n) is 16.0. The van der Waals surface area contributed by atoms with Crippen LogP contribution < -0.4 is 0 Å². The first-order valence-corrected chi connectivity index (χ1v) is 10.8. The van der Waals surface area contributed by atoms with E-state index in [1.165, 1.54) is 4.88 Å². The topological polar surface area (TPSA) is 32.8 Å². The number of morpholine rings is 1. The summed E-state index contributed by atoms with van der Waals surface area (Å²) in [5, 5.41) is 4.34. The lowest BCUT2D eigenvalue weighted by Gasteiger charge is -2.28. The van der Waals surface area contributed by atoms with E-state index in [1.807, 2.05) is 41.3 Å². The van der Waals surface area contributed by atoms with Crippen molar-refractivity contribution in [3.8, 4) is 0 Å². The molecule has 1 fully saturated rings. The van der Waals surface area contributed by atoms with Gasteiger partial charge in [-0.2, -0.15) is 0 Å². The van der Waals surface area contributed by atoms with Crippen LogP contribution >= 0.6 is 11.3 Å². The van der Waals surface area contributed by atoms with Crippen molar-refractivity contribution < 1.29 is 9.53 Å².